The van der Waals surface area contributed by atoms with Crippen molar-refractivity contribution >= 4 is 5.69 Å². The summed E-state index contributed by atoms with van der Waals surface area (Å²) in [6.07, 6.45) is 5.52. The van der Waals surface area contributed by atoms with Gasteiger partial charge in [0.1, 0.15) is 0 Å². The Morgan fingerprint density at radius 1 is 1.26 bits per heavy atom. The lowest BCUT2D eigenvalue weighted by atomic mass is 9.76. The van der Waals surface area contributed by atoms with Crippen LogP contribution in [0.1, 0.15) is 36.9 Å². The van der Waals surface area contributed by atoms with Gasteiger partial charge in [0.25, 0.3) is 0 Å². The summed E-state index contributed by atoms with van der Waals surface area (Å²) in [5, 5.41) is 8.11. The van der Waals surface area contributed by atoms with Crippen LogP contribution < -0.4 is 5.32 Å². The van der Waals surface area contributed by atoms with Crippen LogP contribution in [0.2, 0.25) is 0 Å². The van der Waals surface area contributed by atoms with Crippen LogP contribution in [0.4, 0.5) is 5.69 Å². The fraction of sp³-hybridized carbons (Fsp3) is 0.438. The van der Waals surface area contributed by atoms with Gasteiger partial charge in [0.15, 0.2) is 0 Å². The molecule has 1 aromatic heterocycles. The molecule has 1 aliphatic carbocycles. The third kappa shape index (κ3) is 2.50. The second kappa shape index (κ2) is 5.08. The van der Waals surface area contributed by atoms with Crippen LogP contribution in [0.15, 0.2) is 36.5 Å². The van der Waals surface area contributed by atoms with Crippen LogP contribution in [0.25, 0.3) is 0 Å². The lowest BCUT2D eigenvalue weighted by molar-refractivity contribution is 0.374. The van der Waals surface area contributed by atoms with E-state index in [-0.39, 0.29) is 0 Å². The highest BCUT2D eigenvalue weighted by Gasteiger charge is 2.30. The van der Waals surface area contributed by atoms with E-state index in [1.54, 1.807) is 0 Å². The first-order valence-electron chi connectivity index (χ1n) is 7.10. The Bertz CT molecular complexity index is 538. The molecule has 0 atom stereocenters. The Kier molecular flexibility index (Phi) is 3.28. The number of nitrogens with one attached hydrogen (secondary N) is 1. The summed E-state index contributed by atoms with van der Waals surface area (Å²) in [7, 11) is 1.98. The zero-order chi connectivity index (χ0) is 13.2. The molecular formula is C16H21N3. The van der Waals surface area contributed by atoms with E-state index in [1.165, 1.54) is 29.8 Å². The maximum absolute atomic E-state index is 4.47. The summed E-state index contributed by atoms with van der Waals surface area (Å²) in [5.74, 6) is 0.723. The molecule has 1 fully saturated rings. The van der Waals surface area contributed by atoms with Crippen LogP contribution >= 0.6 is 0 Å². The molecular weight excluding hydrogens is 234 g/mol. The van der Waals surface area contributed by atoms with E-state index in [1.807, 2.05) is 11.7 Å². The summed E-state index contributed by atoms with van der Waals surface area (Å²) in [6.45, 7) is 2.15. The van der Waals surface area contributed by atoms with Gasteiger partial charge in [-0.3, -0.25) is 4.68 Å². The molecule has 0 aliphatic heterocycles. The van der Waals surface area contributed by atoms with Crippen molar-refractivity contribution in [2.24, 2.45) is 7.05 Å². The number of hydrogen-bond acceptors (Lipinski definition) is 2. The number of aryl methyl sites for hydroxylation is 2. The fourth-order valence-electron chi connectivity index (χ4n) is 2.87. The molecule has 1 heterocycles. The zero-order valence-electron chi connectivity index (χ0n) is 11.6. The number of hydrogen-bond donors (Lipinski definition) is 1. The zero-order valence-corrected chi connectivity index (χ0v) is 11.6. The van der Waals surface area contributed by atoms with Gasteiger partial charge in [0.2, 0.25) is 0 Å². The molecule has 3 rings (SSSR count). The molecule has 19 heavy (non-hydrogen) atoms. The molecule has 2 aromatic rings. The highest BCUT2D eigenvalue weighted by Crippen LogP contribution is 2.38. The van der Waals surface area contributed by atoms with Crippen molar-refractivity contribution in [3.8, 4) is 0 Å². The van der Waals surface area contributed by atoms with E-state index < -0.39 is 0 Å². The van der Waals surface area contributed by atoms with Crippen LogP contribution in [0.5, 0.6) is 0 Å². The summed E-state index contributed by atoms with van der Waals surface area (Å²) < 4.78 is 1.90. The standard InChI is InChI=1S/C16H21N3/c1-3-15-16(11-19(2)18-15)17-14-9-13(10-14)12-7-5-4-6-8-12/h4-8,11,13-14,17H,3,9-10H2,1-2H3. The smallest absolute Gasteiger partial charge is 0.0853 e. The molecule has 0 amide bonds. The summed E-state index contributed by atoms with van der Waals surface area (Å²) in [4.78, 5) is 0. The topological polar surface area (TPSA) is 29.9 Å². The van der Waals surface area contributed by atoms with Crippen molar-refractivity contribution in [1.82, 2.24) is 9.78 Å². The largest absolute Gasteiger partial charge is 0.380 e. The van der Waals surface area contributed by atoms with Crippen LogP contribution in [-0.4, -0.2) is 15.8 Å². The van der Waals surface area contributed by atoms with E-state index >= 15 is 0 Å². The van der Waals surface area contributed by atoms with Gasteiger partial charge < -0.3 is 5.32 Å². The Balaban J connectivity index is 1.59. The van der Waals surface area contributed by atoms with Gasteiger partial charge in [-0.05, 0) is 30.7 Å². The summed E-state index contributed by atoms with van der Waals surface area (Å²) in [6, 6.07) is 11.4. The third-order valence-electron chi connectivity index (χ3n) is 4.01. The van der Waals surface area contributed by atoms with Crippen LogP contribution in [0.3, 0.4) is 0 Å². The van der Waals surface area contributed by atoms with Gasteiger partial charge in [0.05, 0.1) is 11.4 Å². The van der Waals surface area contributed by atoms with Crippen molar-refractivity contribution in [2.45, 2.75) is 38.1 Å². The molecule has 0 radical (unpaired) electrons. The average Bonchev–Trinajstić information content (AvgIpc) is 2.74. The van der Waals surface area contributed by atoms with Crippen LogP contribution in [0, 0.1) is 0 Å². The molecule has 3 heteroatoms. The summed E-state index contributed by atoms with van der Waals surface area (Å²) in [5.41, 5.74) is 3.86. The first-order chi connectivity index (χ1) is 9.26. The quantitative estimate of drug-likeness (QED) is 0.908. The van der Waals surface area contributed by atoms with Crippen molar-refractivity contribution in [3.05, 3.63) is 47.8 Å². The molecule has 100 valence electrons. The normalized spacial score (nSPS) is 22.0. The van der Waals surface area contributed by atoms with Crippen molar-refractivity contribution in [1.29, 1.82) is 0 Å². The van der Waals surface area contributed by atoms with Crippen molar-refractivity contribution in [3.63, 3.8) is 0 Å². The minimum absolute atomic E-state index is 0.597. The lowest BCUT2D eigenvalue weighted by Crippen LogP contribution is -2.34. The molecule has 0 unspecified atom stereocenters. The van der Waals surface area contributed by atoms with Gasteiger partial charge in [-0.2, -0.15) is 5.10 Å². The molecule has 1 saturated carbocycles. The minimum atomic E-state index is 0.597. The molecule has 1 aromatic carbocycles. The Hall–Kier alpha value is -1.77. The highest BCUT2D eigenvalue weighted by molar-refractivity contribution is 5.48. The predicted molar refractivity (Wildman–Crippen MR) is 78.4 cm³/mol. The van der Waals surface area contributed by atoms with E-state index in [2.05, 4.69) is 53.9 Å². The van der Waals surface area contributed by atoms with Gasteiger partial charge >= 0.3 is 0 Å². The van der Waals surface area contributed by atoms with E-state index in [4.69, 9.17) is 0 Å². The van der Waals surface area contributed by atoms with E-state index in [0.717, 1.165) is 12.3 Å². The second-order valence-electron chi connectivity index (χ2n) is 5.44. The molecule has 0 spiro atoms. The monoisotopic (exact) mass is 255 g/mol. The van der Waals surface area contributed by atoms with Crippen LogP contribution in [-0.2, 0) is 13.5 Å². The van der Waals surface area contributed by atoms with Gasteiger partial charge in [-0.1, -0.05) is 37.3 Å². The molecule has 1 aliphatic rings. The first kappa shape index (κ1) is 12.3. The summed E-state index contributed by atoms with van der Waals surface area (Å²) >= 11 is 0. The fourth-order valence-corrected chi connectivity index (χ4v) is 2.87. The maximum atomic E-state index is 4.47. The number of aromatic nitrogens is 2. The van der Waals surface area contributed by atoms with E-state index in [9.17, 15) is 0 Å². The molecule has 0 bridgehead atoms. The Morgan fingerprint density at radius 2 is 2.00 bits per heavy atom. The predicted octanol–water partition coefficient (Wildman–Crippen LogP) is 3.34. The second-order valence-corrected chi connectivity index (χ2v) is 5.44. The van der Waals surface area contributed by atoms with Gasteiger partial charge in [0, 0.05) is 19.3 Å². The maximum Gasteiger partial charge on any atom is 0.0853 e. The molecule has 0 saturated heterocycles. The average molecular weight is 255 g/mol. The van der Waals surface area contributed by atoms with Crippen molar-refractivity contribution in [2.75, 3.05) is 5.32 Å². The number of nitrogens with zero attached hydrogens (tertiary/aromatic N) is 2. The number of benzene rings is 1. The minimum Gasteiger partial charge on any atom is -0.380 e. The van der Waals surface area contributed by atoms with Gasteiger partial charge in [-0.25, -0.2) is 0 Å². The molecule has 3 nitrogen and oxygen atoms in total. The lowest BCUT2D eigenvalue weighted by Gasteiger charge is -2.36. The Labute approximate surface area is 114 Å². The SMILES string of the molecule is CCc1nn(C)cc1NC1CC(c2ccccc2)C1. The van der Waals surface area contributed by atoms with Crippen molar-refractivity contribution < 1.29 is 0 Å². The Morgan fingerprint density at radius 3 is 2.68 bits per heavy atom. The third-order valence-corrected chi connectivity index (χ3v) is 4.01. The molecule has 1 N–H and O–H groups in total. The number of anilines is 1. The highest BCUT2D eigenvalue weighted by atomic mass is 15.3. The van der Waals surface area contributed by atoms with Gasteiger partial charge in [-0.15, -0.1) is 0 Å². The van der Waals surface area contributed by atoms with E-state index in [0.29, 0.717) is 6.04 Å². The first-order valence-corrected chi connectivity index (χ1v) is 7.10. The number of rotatable bonds is 4.